The van der Waals surface area contributed by atoms with Gasteiger partial charge in [0.25, 0.3) is 0 Å². The molecule has 1 unspecified atom stereocenters. The molecule has 1 heterocycles. The molecule has 0 amide bonds. The molecule has 0 aliphatic rings. The molecule has 2 N–H and O–H groups in total. The topological polar surface area (TPSA) is 35.2 Å². The molecule has 2 nitrogen and oxygen atoms in total. The number of rotatable bonds is 6. The molecule has 0 radical (unpaired) electrons. The first-order valence-corrected chi connectivity index (χ1v) is 5.99. The zero-order chi connectivity index (χ0) is 10.4. The van der Waals surface area contributed by atoms with Crippen molar-refractivity contribution in [2.45, 2.75) is 25.8 Å². The van der Waals surface area contributed by atoms with E-state index in [-0.39, 0.29) is 6.04 Å². The Bertz CT molecular complexity index is 264. The lowest BCUT2D eigenvalue weighted by molar-refractivity contribution is 0.140. The predicted octanol–water partition coefficient (Wildman–Crippen LogP) is 2.70. The van der Waals surface area contributed by atoms with E-state index in [9.17, 15) is 0 Å². The maximum absolute atomic E-state index is 5.94. The lowest BCUT2D eigenvalue weighted by atomic mass is 10.1. The fourth-order valence-corrected chi connectivity index (χ4v) is 2.38. The fourth-order valence-electron chi connectivity index (χ4n) is 1.20. The summed E-state index contributed by atoms with van der Waals surface area (Å²) < 4.78 is 6.07. The van der Waals surface area contributed by atoms with Crippen LogP contribution in [0.15, 0.2) is 12.1 Å². The second-order valence-electron chi connectivity index (χ2n) is 3.16. The smallest absolute Gasteiger partial charge is 0.0931 e. The van der Waals surface area contributed by atoms with Crippen molar-refractivity contribution in [1.82, 2.24) is 0 Å². The van der Waals surface area contributed by atoms with Crippen molar-refractivity contribution < 1.29 is 4.74 Å². The van der Waals surface area contributed by atoms with Crippen LogP contribution in [-0.4, -0.2) is 19.3 Å². The molecule has 0 saturated heterocycles. The van der Waals surface area contributed by atoms with E-state index in [1.54, 1.807) is 11.3 Å². The molecule has 0 spiro atoms. The van der Waals surface area contributed by atoms with Crippen LogP contribution < -0.4 is 5.73 Å². The standard InChI is InChI=1S/C10H16ClNOS/c1-2-13-6-5-8(12)7-9-3-4-10(11)14-9/h3-4,8H,2,5-7,12H2,1H3. The van der Waals surface area contributed by atoms with E-state index in [0.29, 0.717) is 0 Å². The summed E-state index contributed by atoms with van der Waals surface area (Å²) >= 11 is 7.42. The van der Waals surface area contributed by atoms with Crippen molar-refractivity contribution in [3.8, 4) is 0 Å². The van der Waals surface area contributed by atoms with E-state index >= 15 is 0 Å². The molecule has 14 heavy (non-hydrogen) atoms. The summed E-state index contributed by atoms with van der Waals surface area (Å²) in [5.41, 5.74) is 5.94. The molecule has 0 saturated carbocycles. The fraction of sp³-hybridized carbons (Fsp3) is 0.600. The average molecular weight is 234 g/mol. The SMILES string of the molecule is CCOCCC(N)Cc1ccc(Cl)s1. The highest BCUT2D eigenvalue weighted by atomic mass is 35.5. The van der Waals surface area contributed by atoms with Crippen LogP contribution in [0.2, 0.25) is 4.34 Å². The Labute approximate surface area is 94.0 Å². The van der Waals surface area contributed by atoms with Crippen LogP contribution in [0.1, 0.15) is 18.2 Å². The van der Waals surface area contributed by atoms with Gasteiger partial charge >= 0.3 is 0 Å². The van der Waals surface area contributed by atoms with Crippen molar-refractivity contribution in [2.24, 2.45) is 5.73 Å². The van der Waals surface area contributed by atoms with Crippen molar-refractivity contribution in [3.05, 3.63) is 21.3 Å². The summed E-state index contributed by atoms with van der Waals surface area (Å²) in [4.78, 5) is 1.25. The molecular formula is C10H16ClNOS. The second-order valence-corrected chi connectivity index (χ2v) is 4.96. The van der Waals surface area contributed by atoms with Crippen molar-refractivity contribution in [3.63, 3.8) is 0 Å². The number of thiophene rings is 1. The van der Waals surface area contributed by atoms with Crippen LogP contribution in [0.3, 0.4) is 0 Å². The Hall–Kier alpha value is -0.0900. The molecule has 0 aliphatic heterocycles. The third kappa shape index (κ3) is 4.42. The van der Waals surface area contributed by atoms with Crippen LogP contribution >= 0.6 is 22.9 Å². The van der Waals surface area contributed by atoms with Crippen LogP contribution in [0, 0.1) is 0 Å². The highest BCUT2D eigenvalue weighted by Gasteiger charge is 2.05. The van der Waals surface area contributed by atoms with Crippen molar-refractivity contribution in [1.29, 1.82) is 0 Å². The van der Waals surface area contributed by atoms with Crippen LogP contribution in [0.25, 0.3) is 0 Å². The van der Waals surface area contributed by atoms with E-state index in [1.165, 1.54) is 4.88 Å². The van der Waals surface area contributed by atoms with Crippen molar-refractivity contribution >= 4 is 22.9 Å². The molecule has 0 bridgehead atoms. The normalized spacial score (nSPS) is 13.1. The molecular weight excluding hydrogens is 218 g/mol. The van der Waals surface area contributed by atoms with Gasteiger partial charge in [0, 0.05) is 24.1 Å². The highest BCUT2D eigenvalue weighted by Crippen LogP contribution is 2.22. The molecule has 1 aromatic heterocycles. The lowest BCUT2D eigenvalue weighted by Gasteiger charge is -2.09. The highest BCUT2D eigenvalue weighted by molar-refractivity contribution is 7.16. The van der Waals surface area contributed by atoms with Crippen LogP contribution in [0.5, 0.6) is 0 Å². The van der Waals surface area contributed by atoms with E-state index in [1.807, 2.05) is 19.1 Å². The Morgan fingerprint density at radius 2 is 2.36 bits per heavy atom. The summed E-state index contributed by atoms with van der Waals surface area (Å²) in [6.45, 7) is 3.50. The van der Waals surface area contributed by atoms with E-state index in [4.69, 9.17) is 22.1 Å². The minimum atomic E-state index is 0.177. The maximum atomic E-state index is 5.94. The number of halogens is 1. The monoisotopic (exact) mass is 233 g/mol. The summed E-state index contributed by atoms with van der Waals surface area (Å²) in [6, 6.07) is 4.13. The summed E-state index contributed by atoms with van der Waals surface area (Å²) in [6.07, 6.45) is 1.80. The zero-order valence-electron chi connectivity index (χ0n) is 8.33. The molecule has 1 rings (SSSR count). The summed E-state index contributed by atoms with van der Waals surface area (Å²) in [5, 5.41) is 0. The van der Waals surface area contributed by atoms with E-state index in [2.05, 4.69) is 0 Å². The Morgan fingerprint density at radius 1 is 1.57 bits per heavy atom. The summed E-state index contributed by atoms with van der Waals surface area (Å²) in [5.74, 6) is 0. The average Bonchev–Trinajstić information content (AvgIpc) is 2.52. The number of nitrogens with two attached hydrogens (primary N) is 1. The van der Waals surface area contributed by atoms with Crippen molar-refractivity contribution in [2.75, 3.05) is 13.2 Å². The third-order valence-electron chi connectivity index (χ3n) is 1.93. The van der Waals surface area contributed by atoms with Gasteiger partial charge in [0.1, 0.15) is 0 Å². The van der Waals surface area contributed by atoms with Gasteiger partial charge in [0.2, 0.25) is 0 Å². The van der Waals surface area contributed by atoms with Gasteiger partial charge in [-0.3, -0.25) is 0 Å². The number of hydrogen-bond donors (Lipinski definition) is 1. The van der Waals surface area contributed by atoms with Gasteiger partial charge in [0.15, 0.2) is 0 Å². The van der Waals surface area contributed by atoms with Gasteiger partial charge in [-0.2, -0.15) is 0 Å². The van der Waals surface area contributed by atoms with Gasteiger partial charge in [-0.05, 0) is 31.9 Å². The minimum absolute atomic E-state index is 0.177. The largest absolute Gasteiger partial charge is 0.382 e. The molecule has 1 aromatic rings. The van der Waals surface area contributed by atoms with Gasteiger partial charge in [-0.1, -0.05) is 11.6 Å². The quantitative estimate of drug-likeness (QED) is 0.767. The molecule has 0 aromatic carbocycles. The maximum Gasteiger partial charge on any atom is 0.0931 e. The number of hydrogen-bond acceptors (Lipinski definition) is 3. The van der Waals surface area contributed by atoms with E-state index in [0.717, 1.165) is 30.4 Å². The summed E-state index contributed by atoms with van der Waals surface area (Å²) in [7, 11) is 0. The third-order valence-corrected chi connectivity index (χ3v) is 3.18. The first-order chi connectivity index (χ1) is 6.72. The molecule has 4 heteroatoms. The van der Waals surface area contributed by atoms with E-state index < -0.39 is 0 Å². The first-order valence-electron chi connectivity index (χ1n) is 4.80. The van der Waals surface area contributed by atoms with Crippen LogP contribution in [-0.2, 0) is 11.2 Å². The zero-order valence-corrected chi connectivity index (χ0v) is 9.90. The molecule has 0 fully saturated rings. The Kier molecular flexibility index (Phi) is 5.48. The minimum Gasteiger partial charge on any atom is -0.382 e. The van der Waals surface area contributed by atoms with Crippen LogP contribution in [0.4, 0.5) is 0 Å². The number of ether oxygens (including phenoxy) is 1. The molecule has 0 aliphatic carbocycles. The predicted molar refractivity (Wildman–Crippen MR) is 62.1 cm³/mol. The second kappa shape index (κ2) is 6.40. The Morgan fingerprint density at radius 3 is 2.93 bits per heavy atom. The first kappa shape index (κ1) is 12.0. The lowest BCUT2D eigenvalue weighted by Crippen LogP contribution is -2.24. The van der Waals surface area contributed by atoms with Gasteiger partial charge in [-0.25, -0.2) is 0 Å². The van der Waals surface area contributed by atoms with Gasteiger partial charge < -0.3 is 10.5 Å². The molecule has 1 atom stereocenters. The van der Waals surface area contributed by atoms with Gasteiger partial charge in [0.05, 0.1) is 4.34 Å². The van der Waals surface area contributed by atoms with Gasteiger partial charge in [-0.15, -0.1) is 11.3 Å². The Balaban J connectivity index is 2.23. The molecule has 80 valence electrons.